The third-order valence-corrected chi connectivity index (χ3v) is 3.12. The molecule has 2 heterocycles. The molecule has 0 amide bonds. The minimum atomic E-state index is -0.481. The Morgan fingerprint density at radius 2 is 1.83 bits per heavy atom. The fourth-order valence-corrected chi connectivity index (χ4v) is 2.56. The molecule has 0 bridgehead atoms. The first-order valence-electron chi connectivity index (χ1n) is 4.41. The Kier molecular flexibility index (Phi) is 1.46. The SMILES string of the molecule is O[C@H]1[C@H]2OCC[C@H]2[C@@H]2OCO[C@H]12. The summed E-state index contributed by atoms with van der Waals surface area (Å²) >= 11 is 0. The lowest BCUT2D eigenvalue weighted by Gasteiger charge is -2.15. The van der Waals surface area contributed by atoms with E-state index in [9.17, 15) is 5.11 Å². The summed E-state index contributed by atoms with van der Waals surface area (Å²) in [5.41, 5.74) is 0. The molecule has 68 valence electrons. The van der Waals surface area contributed by atoms with Crippen molar-refractivity contribution in [3.63, 3.8) is 0 Å². The topological polar surface area (TPSA) is 47.9 Å². The summed E-state index contributed by atoms with van der Waals surface area (Å²) in [6, 6.07) is 0. The predicted molar refractivity (Wildman–Crippen MR) is 38.5 cm³/mol. The first-order valence-corrected chi connectivity index (χ1v) is 4.41. The first kappa shape index (κ1) is 7.26. The molecule has 2 aliphatic heterocycles. The lowest BCUT2D eigenvalue weighted by molar-refractivity contribution is -0.0693. The fourth-order valence-electron chi connectivity index (χ4n) is 2.56. The largest absolute Gasteiger partial charge is 0.388 e. The van der Waals surface area contributed by atoms with E-state index in [2.05, 4.69) is 0 Å². The highest BCUT2D eigenvalue weighted by Crippen LogP contribution is 2.42. The van der Waals surface area contributed by atoms with E-state index in [4.69, 9.17) is 14.2 Å². The maximum Gasteiger partial charge on any atom is 0.147 e. The number of hydrogen-bond acceptors (Lipinski definition) is 4. The Balaban J connectivity index is 1.89. The van der Waals surface area contributed by atoms with Crippen LogP contribution in [0.2, 0.25) is 0 Å². The van der Waals surface area contributed by atoms with E-state index < -0.39 is 6.10 Å². The van der Waals surface area contributed by atoms with E-state index in [0.717, 1.165) is 13.0 Å². The Morgan fingerprint density at radius 3 is 2.75 bits per heavy atom. The second kappa shape index (κ2) is 2.42. The molecule has 12 heavy (non-hydrogen) atoms. The van der Waals surface area contributed by atoms with E-state index in [1.54, 1.807) is 0 Å². The van der Waals surface area contributed by atoms with Crippen molar-refractivity contribution in [3.8, 4) is 0 Å². The van der Waals surface area contributed by atoms with Crippen LogP contribution >= 0.6 is 0 Å². The van der Waals surface area contributed by atoms with Gasteiger partial charge in [-0.15, -0.1) is 0 Å². The molecule has 0 aromatic carbocycles. The molecule has 0 spiro atoms. The second-order valence-electron chi connectivity index (χ2n) is 3.66. The zero-order valence-electron chi connectivity index (χ0n) is 6.68. The summed E-state index contributed by atoms with van der Waals surface area (Å²) < 4.78 is 16.1. The van der Waals surface area contributed by atoms with Crippen molar-refractivity contribution in [2.45, 2.75) is 30.8 Å². The van der Waals surface area contributed by atoms with Crippen LogP contribution in [0.3, 0.4) is 0 Å². The summed E-state index contributed by atoms with van der Waals surface area (Å²) in [6.07, 6.45) is 0.407. The maximum absolute atomic E-state index is 9.74. The van der Waals surface area contributed by atoms with Crippen LogP contribution in [0.5, 0.6) is 0 Å². The van der Waals surface area contributed by atoms with Crippen LogP contribution in [0, 0.1) is 5.92 Å². The molecule has 1 aliphatic carbocycles. The van der Waals surface area contributed by atoms with Crippen LogP contribution in [0.4, 0.5) is 0 Å². The zero-order chi connectivity index (χ0) is 8.13. The van der Waals surface area contributed by atoms with Gasteiger partial charge in [0.25, 0.3) is 0 Å². The van der Waals surface area contributed by atoms with Crippen molar-refractivity contribution in [1.29, 1.82) is 0 Å². The summed E-state index contributed by atoms with van der Waals surface area (Å²) in [5.74, 6) is 0.354. The average molecular weight is 172 g/mol. The molecule has 1 saturated carbocycles. The van der Waals surface area contributed by atoms with Crippen molar-refractivity contribution >= 4 is 0 Å². The molecule has 0 aromatic rings. The molecule has 1 N–H and O–H groups in total. The van der Waals surface area contributed by atoms with E-state index in [-0.39, 0.29) is 18.3 Å². The molecule has 0 unspecified atom stereocenters. The van der Waals surface area contributed by atoms with Crippen molar-refractivity contribution in [1.82, 2.24) is 0 Å². The van der Waals surface area contributed by atoms with Crippen LogP contribution in [0.25, 0.3) is 0 Å². The molecule has 0 radical (unpaired) electrons. The second-order valence-corrected chi connectivity index (χ2v) is 3.66. The molecule has 3 fully saturated rings. The highest BCUT2D eigenvalue weighted by molar-refractivity contribution is 5.04. The number of ether oxygens (including phenoxy) is 3. The van der Waals surface area contributed by atoms with Crippen LogP contribution in [-0.2, 0) is 14.2 Å². The Labute approximate surface area is 70.4 Å². The van der Waals surface area contributed by atoms with E-state index >= 15 is 0 Å². The minimum absolute atomic E-state index is 0.0414. The van der Waals surface area contributed by atoms with Crippen molar-refractivity contribution in [3.05, 3.63) is 0 Å². The number of aliphatic hydroxyl groups excluding tert-OH is 1. The third kappa shape index (κ3) is 0.758. The minimum Gasteiger partial charge on any atom is -0.388 e. The highest BCUT2D eigenvalue weighted by Gasteiger charge is 2.56. The molecular formula is C8H12O4. The van der Waals surface area contributed by atoms with Gasteiger partial charge in [-0.25, -0.2) is 0 Å². The Hall–Kier alpha value is -0.160. The Morgan fingerprint density at radius 1 is 1.00 bits per heavy atom. The van der Waals surface area contributed by atoms with Crippen LogP contribution in [0.15, 0.2) is 0 Å². The molecular weight excluding hydrogens is 160 g/mol. The monoisotopic (exact) mass is 172 g/mol. The molecule has 0 aromatic heterocycles. The smallest absolute Gasteiger partial charge is 0.147 e. The van der Waals surface area contributed by atoms with Gasteiger partial charge in [0.15, 0.2) is 0 Å². The summed E-state index contributed by atoms with van der Waals surface area (Å²) in [6.45, 7) is 1.08. The Bertz CT molecular complexity index is 175. The lowest BCUT2D eigenvalue weighted by Crippen LogP contribution is -2.32. The van der Waals surface area contributed by atoms with Crippen molar-refractivity contribution in [2.24, 2.45) is 5.92 Å². The summed E-state index contributed by atoms with van der Waals surface area (Å²) in [4.78, 5) is 0. The third-order valence-electron chi connectivity index (χ3n) is 3.12. The highest BCUT2D eigenvalue weighted by atomic mass is 16.7. The molecule has 2 saturated heterocycles. The van der Waals surface area contributed by atoms with Gasteiger partial charge in [0.2, 0.25) is 0 Å². The zero-order valence-corrected chi connectivity index (χ0v) is 6.68. The van der Waals surface area contributed by atoms with E-state index in [1.807, 2.05) is 0 Å². The van der Waals surface area contributed by atoms with Crippen LogP contribution in [-0.4, -0.2) is 42.9 Å². The summed E-state index contributed by atoms with van der Waals surface area (Å²) in [7, 11) is 0. The van der Waals surface area contributed by atoms with Gasteiger partial charge in [-0.3, -0.25) is 0 Å². The fraction of sp³-hybridized carbons (Fsp3) is 1.00. The molecule has 3 aliphatic rings. The standard InChI is InChI=1S/C8H12O4/c9-5-6-4(1-2-10-6)7-8(5)12-3-11-7/h4-9H,1-3H2/t4-,5+,6+,7+,8-/m1/s1. The lowest BCUT2D eigenvalue weighted by atomic mass is 10.0. The quantitative estimate of drug-likeness (QED) is 0.535. The molecule has 5 atom stereocenters. The number of hydrogen-bond donors (Lipinski definition) is 1. The molecule has 4 heteroatoms. The van der Waals surface area contributed by atoms with Gasteiger partial charge in [0.1, 0.15) is 19.0 Å². The van der Waals surface area contributed by atoms with Crippen LogP contribution in [0.1, 0.15) is 6.42 Å². The first-order chi connectivity index (χ1) is 5.88. The predicted octanol–water partition coefficient (Wildman–Crippen LogP) is -0.493. The normalized spacial score (nSPS) is 57.2. The maximum atomic E-state index is 9.74. The summed E-state index contributed by atoms with van der Waals surface area (Å²) in [5, 5.41) is 9.74. The van der Waals surface area contributed by atoms with Gasteiger partial charge in [0, 0.05) is 12.5 Å². The molecule has 3 rings (SSSR count). The number of aliphatic hydroxyl groups is 1. The van der Waals surface area contributed by atoms with E-state index in [0.29, 0.717) is 12.7 Å². The number of fused-ring (bicyclic) bond motifs is 3. The van der Waals surface area contributed by atoms with Crippen molar-refractivity contribution < 1.29 is 19.3 Å². The molecule has 4 nitrogen and oxygen atoms in total. The van der Waals surface area contributed by atoms with Crippen LogP contribution < -0.4 is 0 Å². The number of rotatable bonds is 0. The van der Waals surface area contributed by atoms with E-state index in [1.165, 1.54) is 0 Å². The van der Waals surface area contributed by atoms with Gasteiger partial charge in [-0.1, -0.05) is 0 Å². The van der Waals surface area contributed by atoms with Gasteiger partial charge in [0.05, 0.1) is 12.2 Å². The van der Waals surface area contributed by atoms with Gasteiger partial charge in [-0.05, 0) is 6.42 Å². The average Bonchev–Trinajstić information content (AvgIpc) is 2.72. The van der Waals surface area contributed by atoms with Gasteiger partial charge < -0.3 is 19.3 Å². The van der Waals surface area contributed by atoms with Gasteiger partial charge >= 0.3 is 0 Å². The van der Waals surface area contributed by atoms with Crippen molar-refractivity contribution in [2.75, 3.05) is 13.4 Å². The van der Waals surface area contributed by atoms with Gasteiger partial charge in [-0.2, -0.15) is 0 Å².